The Labute approximate surface area is 113 Å². The fourth-order valence-electron chi connectivity index (χ4n) is 1.98. The Hall–Kier alpha value is -1.42. The Morgan fingerprint density at radius 3 is 2.58 bits per heavy atom. The lowest BCUT2D eigenvalue weighted by molar-refractivity contribution is 0.0893. The quantitative estimate of drug-likeness (QED) is 0.881. The van der Waals surface area contributed by atoms with Crippen molar-refractivity contribution in [2.75, 3.05) is 6.61 Å². The second-order valence-corrected chi connectivity index (χ2v) is 6.10. The van der Waals surface area contributed by atoms with Crippen molar-refractivity contribution in [2.45, 2.75) is 40.2 Å². The zero-order chi connectivity index (χ0) is 14.6. The number of benzene rings is 1. The van der Waals surface area contributed by atoms with Gasteiger partial charge in [0.25, 0.3) is 5.91 Å². The SMILES string of the molecule is Cc1ccc(F)c(C(=O)NC(CO)CC(C)(C)C)c1. The third-order valence-corrected chi connectivity index (χ3v) is 2.78. The summed E-state index contributed by atoms with van der Waals surface area (Å²) in [6.07, 6.45) is 0.628. The molecule has 1 aromatic carbocycles. The summed E-state index contributed by atoms with van der Waals surface area (Å²) in [6.45, 7) is 7.71. The van der Waals surface area contributed by atoms with E-state index in [4.69, 9.17) is 0 Å². The topological polar surface area (TPSA) is 49.3 Å². The Bertz CT molecular complexity index is 452. The molecule has 2 N–H and O–H groups in total. The van der Waals surface area contributed by atoms with Crippen molar-refractivity contribution in [3.63, 3.8) is 0 Å². The number of rotatable bonds is 4. The second-order valence-electron chi connectivity index (χ2n) is 6.10. The highest BCUT2D eigenvalue weighted by atomic mass is 19.1. The van der Waals surface area contributed by atoms with Crippen LogP contribution in [0.5, 0.6) is 0 Å². The lowest BCUT2D eigenvalue weighted by Crippen LogP contribution is -2.40. The highest BCUT2D eigenvalue weighted by Crippen LogP contribution is 2.21. The molecule has 1 atom stereocenters. The van der Waals surface area contributed by atoms with Crippen molar-refractivity contribution in [1.29, 1.82) is 0 Å². The Balaban J connectivity index is 2.80. The minimum atomic E-state index is -0.546. The van der Waals surface area contributed by atoms with Gasteiger partial charge in [0.05, 0.1) is 18.2 Å². The lowest BCUT2D eigenvalue weighted by atomic mass is 9.88. The van der Waals surface area contributed by atoms with E-state index < -0.39 is 11.7 Å². The van der Waals surface area contributed by atoms with E-state index in [-0.39, 0.29) is 23.6 Å². The fourth-order valence-corrected chi connectivity index (χ4v) is 1.98. The first-order valence-electron chi connectivity index (χ1n) is 6.41. The zero-order valence-electron chi connectivity index (χ0n) is 12.0. The molecule has 0 saturated carbocycles. The van der Waals surface area contributed by atoms with Gasteiger partial charge in [0, 0.05) is 0 Å². The first-order valence-corrected chi connectivity index (χ1v) is 6.41. The molecule has 1 aromatic rings. The average molecular weight is 267 g/mol. The molecule has 0 fully saturated rings. The van der Waals surface area contributed by atoms with Crippen LogP contribution in [0, 0.1) is 18.2 Å². The summed E-state index contributed by atoms with van der Waals surface area (Å²) in [5.41, 5.74) is 0.821. The molecule has 19 heavy (non-hydrogen) atoms. The minimum Gasteiger partial charge on any atom is -0.394 e. The van der Waals surface area contributed by atoms with Gasteiger partial charge in [0.1, 0.15) is 5.82 Å². The van der Waals surface area contributed by atoms with Crippen molar-refractivity contribution in [3.05, 3.63) is 35.1 Å². The van der Waals surface area contributed by atoms with Gasteiger partial charge in [-0.1, -0.05) is 32.4 Å². The number of amides is 1. The summed E-state index contributed by atoms with van der Waals surface area (Å²) in [5, 5.41) is 12.0. The molecule has 0 heterocycles. The van der Waals surface area contributed by atoms with Crippen LogP contribution >= 0.6 is 0 Å². The normalized spacial score (nSPS) is 13.2. The van der Waals surface area contributed by atoms with Crippen LogP contribution in [0.2, 0.25) is 0 Å². The van der Waals surface area contributed by atoms with Crippen LogP contribution in [0.4, 0.5) is 4.39 Å². The maximum Gasteiger partial charge on any atom is 0.254 e. The van der Waals surface area contributed by atoms with Crippen LogP contribution in [0.15, 0.2) is 18.2 Å². The molecule has 1 amide bonds. The predicted octanol–water partition coefficient (Wildman–Crippen LogP) is 2.66. The molecule has 0 aliphatic carbocycles. The number of aliphatic hydroxyl groups excluding tert-OH is 1. The van der Waals surface area contributed by atoms with Gasteiger partial charge in [-0.2, -0.15) is 0 Å². The molecule has 0 aliphatic heterocycles. The van der Waals surface area contributed by atoms with E-state index in [0.717, 1.165) is 5.56 Å². The summed E-state index contributed by atoms with van der Waals surface area (Å²) in [7, 11) is 0. The molecule has 1 unspecified atom stereocenters. The molecule has 0 aliphatic rings. The predicted molar refractivity (Wildman–Crippen MR) is 73.5 cm³/mol. The molecular weight excluding hydrogens is 245 g/mol. The molecular formula is C15H22FNO2. The molecule has 0 aromatic heterocycles. The third-order valence-electron chi connectivity index (χ3n) is 2.78. The molecule has 0 spiro atoms. The maximum absolute atomic E-state index is 13.6. The van der Waals surface area contributed by atoms with Gasteiger partial charge in [0.2, 0.25) is 0 Å². The number of halogens is 1. The van der Waals surface area contributed by atoms with E-state index in [1.54, 1.807) is 13.0 Å². The molecule has 0 saturated heterocycles. The van der Waals surface area contributed by atoms with Crippen molar-refractivity contribution < 1.29 is 14.3 Å². The van der Waals surface area contributed by atoms with E-state index in [2.05, 4.69) is 5.32 Å². The van der Waals surface area contributed by atoms with Crippen molar-refractivity contribution >= 4 is 5.91 Å². The van der Waals surface area contributed by atoms with Crippen LogP contribution in [-0.4, -0.2) is 23.7 Å². The zero-order valence-corrected chi connectivity index (χ0v) is 12.0. The lowest BCUT2D eigenvalue weighted by Gasteiger charge is -2.25. The maximum atomic E-state index is 13.6. The highest BCUT2D eigenvalue weighted by Gasteiger charge is 2.21. The minimum absolute atomic E-state index is 0.0207. The monoisotopic (exact) mass is 267 g/mol. The van der Waals surface area contributed by atoms with Gasteiger partial charge < -0.3 is 10.4 Å². The van der Waals surface area contributed by atoms with Crippen LogP contribution in [0.1, 0.15) is 43.1 Å². The van der Waals surface area contributed by atoms with Crippen LogP contribution in [0.25, 0.3) is 0 Å². The van der Waals surface area contributed by atoms with Crippen LogP contribution in [0.3, 0.4) is 0 Å². The number of nitrogens with one attached hydrogen (secondary N) is 1. The Morgan fingerprint density at radius 2 is 2.05 bits per heavy atom. The van der Waals surface area contributed by atoms with Crippen molar-refractivity contribution in [2.24, 2.45) is 5.41 Å². The van der Waals surface area contributed by atoms with Gasteiger partial charge in [-0.05, 0) is 30.9 Å². The van der Waals surface area contributed by atoms with E-state index >= 15 is 0 Å². The molecule has 0 bridgehead atoms. The molecule has 4 heteroatoms. The molecule has 3 nitrogen and oxygen atoms in total. The van der Waals surface area contributed by atoms with Gasteiger partial charge in [-0.25, -0.2) is 4.39 Å². The Morgan fingerprint density at radius 1 is 1.42 bits per heavy atom. The summed E-state index contributed by atoms with van der Waals surface area (Å²) in [5.74, 6) is -1.03. The largest absolute Gasteiger partial charge is 0.394 e. The second kappa shape index (κ2) is 6.15. The molecule has 1 rings (SSSR count). The van der Waals surface area contributed by atoms with Crippen LogP contribution in [-0.2, 0) is 0 Å². The van der Waals surface area contributed by atoms with E-state index in [9.17, 15) is 14.3 Å². The van der Waals surface area contributed by atoms with Gasteiger partial charge in [-0.15, -0.1) is 0 Å². The number of aryl methyl sites for hydroxylation is 1. The number of aliphatic hydroxyl groups is 1. The van der Waals surface area contributed by atoms with Crippen LogP contribution < -0.4 is 5.32 Å². The summed E-state index contributed by atoms with van der Waals surface area (Å²) >= 11 is 0. The van der Waals surface area contributed by atoms with Gasteiger partial charge in [0.15, 0.2) is 0 Å². The van der Waals surface area contributed by atoms with Crippen molar-refractivity contribution in [3.8, 4) is 0 Å². The number of hydrogen-bond donors (Lipinski definition) is 2. The highest BCUT2D eigenvalue weighted by molar-refractivity contribution is 5.94. The van der Waals surface area contributed by atoms with E-state index in [0.29, 0.717) is 6.42 Å². The summed E-state index contributed by atoms with van der Waals surface area (Å²) in [4.78, 5) is 12.0. The number of hydrogen-bond acceptors (Lipinski definition) is 2. The smallest absolute Gasteiger partial charge is 0.254 e. The third kappa shape index (κ3) is 4.99. The molecule has 106 valence electrons. The average Bonchev–Trinajstić information content (AvgIpc) is 2.29. The number of carbonyl (C=O) groups excluding carboxylic acids is 1. The fraction of sp³-hybridized carbons (Fsp3) is 0.533. The summed E-state index contributed by atoms with van der Waals surface area (Å²) in [6, 6.07) is 4.04. The van der Waals surface area contributed by atoms with Gasteiger partial charge in [-0.3, -0.25) is 4.79 Å². The first-order chi connectivity index (χ1) is 8.73. The first kappa shape index (κ1) is 15.6. The standard InChI is InChI=1S/C15H22FNO2/c1-10-5-6-13(16)12(7-10)14(19)17-11(9-18)8-15(2,3)4/h5-7,11,18H,8-9H2,1-4H3,(H,17,19). The molecule has 0 radical (unpaired) electrons. The van der Waals surface area contributed by atoms with Crippen molar-refractivity contribution in [1.82, 2.24) is 5.32 Å². The number of carbonyl (C=O) groups is 1. The Kier molecular flexibility index (Phi) is 5.06. The van der Waals surface area contributed by atoms with Gasteiger partial charge >= 0.3 is 0 Å². The summed E-state index contributed by atoms with van der Waals surface area (Å²) < 4.78 is 13.6. The van der Waals surface area contributed by atoms with E-state index in [1.165, 1.54) is 12.1 Å². The van der Waals surface area contributed by atoms with E-state index in [1.807, 2.05) is 20.8 Å².